The third-order valence-corrected chi connectivity index (χ3v) is 5.12. The Morgan fingerprint density at radius 2 is 1.76 bits per heavy atom. The van der Waals surface area contributed by atoms with E-state index in [1.807, 2.05) is 0 Å². The van der Waals surface area contributed by atoms with E-state index in [2.05, 4.69) is 26.4 Å². The molecule has 0 radical (unpaired) electrons. The van der Waals surface area contributed by atoms with Gasteiger partial charge < -0.3 is 14.9 Å². The lowest BCUT2D eigenvalue weighted by molar-refractivity contribution is -0.137. The molecule has 5 nitrogen and oxygen atoms in total. The number of halogens is 4. The maximum Gasteiger partial charge on any atom is 0.416 e. The van der Waals surface area contributed by atoms with E-state index in [9.17, 15) is 23.1 Å². The molecule has 2 aromatic carbocycles. The lowest BCUT2D eigenvalue weighted by Crippen LogP contribution is -2.44. The van der Waals surface area contributed by atoms with Crippen molar-refractivity contribution in [3.63, 3.8) is 0 Å². The smallest absolute Gasteiger partial charge is 0.416 e. The molecule has 1 heterocycles. The minimum atomic E-state index is -4.57. The van der Waals surface area contributed by atoms with Crippen molar-refractivity contribution >= 4 is 22.0 Å². The Kier molecular flexibility index (Phi) is 5.44. The lowest BCUT2D eigenvalue weighted by Gasteiger charge is -2.31. The van der Waals surface area contributed by atoms with Crippen molar-refractivity contribution in [2.45, 2.75) is 25.6 Å². The largest absolute Gasteiger partial charge is 0.465 e. The number of alkyl halides is 3. The minimum absolute atomic E-state index is 0.111. The number of aromatic nitrogens is 1. The zero-order valence-electron chi connectivity index (χ0n) is 15.3. The van der Waals surface area contributed by atoms with Crippen LogP contribution in [0.5, 0.6) is 0 Å². The van der Waals surface area contributed by atoms with Crippen LogP contribution in [0.4, 0.5) is 18.0 Å². The first kappa shape index (κ1) is 20.9. The minimum Gasteiger partial charge on any atom is -0.465 e. The first-order chi connectivity index (χ1) is 13.5. The highest BCUT2D eigenvalue weighted by Crippen LogP contribution is 2.40. The fourth-order valence-corrected chi connectivity index (χ4v) is 3.52. The van der Waals surface area contributed by atoms with Gasteiger partial charge in [-0.1, -0.05) is 45.4 Å². The van der Waals surface area contributed by atoms with Gasteiger partial charge in [0.1, 0.15) is 0 Å². The lowest BCUT2D eigenvalue weighted by atomic mass is 9.81. The van der Waals surface area contributed by atoms with Crippen LogP contribution in [-0.2, 0) is 11.7 Å². The van der Waals surface area contributed by atoms with Crippen molar-refractivity contribution in [1.29, 1.82) is 0 Å². The highest BCUT2D eigenvalue weighted by atomic mass is 79.9. The molecule has 1 aromatic heterocycles. The molecular formula is C20H16BrF3N2O3. The van der Waals surface area contributed by atoms with Crippen LogP contribution in [0.1, 0.15) is 29.3 Å². The summed E-state index contributed by atoms with van der Waals surface area (Å²) < 4.78 is 46.0. The van der Waals surface area contributed by atoms with Crippen LogP contribution in [-0.4, -0.2) is 16.4 Å². The van der Waals surface area contributed by atoms with Gasteiger partial charge in [0, 0.05) is 10.0 Å². The van der Waals surface area contributed by atoms with Crippen molar-refractivity contribution in [3.05, 3.63) is 75.4 Å². The number of rotatable bonds is 4. The predicted molar refractivity (Wildman–Crippen MR) is 103 cm³/mol. The number of benzene rings is 2. The zero-order chi connectivity index (χ0) is 21.4. The summed E-state index contributed by atoms with van der Waals surface area (Å²) in [7, 11) is 0. The molecule has 0 saturated heterocycles. The van der Waals surface area contributed by atoms with Crippen LogP contribution in [0, 0.1) is 6.92 Å². The number of hydrogen-bond donors (Lipinski definition) is 2. The number of nitrogens with one attached hydrogen (secondary N) is 1. The van der Waals surface area contributed by atoms with Crippen LogP contribution >= 0.6 is 15.9 Å². The molecule has 0 aliphatic rings. The second-order valence-corrected chi connectivity index (χ2v) is 7.53. The van der Waals surface area contributed by atoms with Gasteiger partial charge in [-0.05, 0) is 43.7 Å². The molecule has 152 valence electrons. The van der Waals surface area contributed by atoms with E-state index in [-0.39, 0.29) is 11.3 Å². The molecule has 0 spiro atoms. The van der Waals surface area contributed by atoms with E-state index in [0.29, 0.717) is 16.8 Å². The van der Waals surface area contributed by atoms with Crippen molar-refractivity contribution in [1.82, 2.24) is 10.5 Å². The highest BCUT2D eigenvalue weighted by Gasteiger charge is 2.40. The summed E-state index contributed by atoms with van der Waals surface area (Å²) in [5, 5.41) is 15.7. The first-order valence-electron chi connectivity index (χ1n) is 8.44. The first-order valence-corrected chi connectivity index (χ1v) is 9.23. The molecule has 0 aliphatic heterocycles. The summed E-state index contributed by atoms with van der Waals surface area (Å²) in [5.41, 5.74) is -1.01. The van der Waals surface area contributed by atoms with Crippen LogP contribution < -0.4 is 5.32 Å². The monoisotopic (exact) mass is 468 g/mol. The maximum atomic E-state index is 13.3. The Morgan fingerprint density at radius 3 is 2.34 bits per heavy atom. The molecule has 1 unspecified atom stereocenters. The van der Waals surface area contributed by atoms with Gasteiger partial charge in [-0.25, -0.2) is 4.79 Å². The highest BCUT2D eigenvalue weighted by molar-refractivity contribution is 9.10. The zero-order valence-corrected chi connectivity index (χ0v) is 16.9. The van der Waals surface area contributed by atoms with E-state index in [0.717, 1.165) is 16.6 Å². The third-order valence-electron chi connectivity index (χ3n) is 4.59. The SMILES string of the molecule is Cc1noc(-c2ccc(Br)cc2)c1C(C)(NC(=O)O)c1cccc(C(F)(F)F)c1. The standard InChI is InChI=1S/C20H16BrF3N2O3/c1-11-16(17(29-26-11)12-6-8-15(21)9-7-12)19(2,25-18(27)28)13-4-3-5-14(10-13)20(22,23)24/h3-10,25H,1-2H3,(H,27,28). The van der Waals surface area contributed by atoms with Gasteiger partial charge in [0.15, 0.2) is 5.76 Å². The Morgan fingerprint density at radius 1 is 1.14 bits per heavy atom. The molecule has 3 aromatic rings. The number of carbonyl (C=O) groups is 1. The number of amides is 1. The molecule has 0 aliphatic carbocycles. The molecular weight excluding hydrogens is 453 g/mol. The van der Waals surface area contributed by atoms with Gasteiger partial charge in [-0.2, -0.15) is 13.2 Å². The van der Waals surface area contributed by atoms with Crippen LogP contribution in [0.15, 0.2) is 57.5 Å². The molecule has 0 saturated carbocycles. The summed E-state index contributed by atoms with van der Waals surface area (Å²) in [6.07, 6.45) is -5.97. The van der Waals surface area contributed by atoms with Crippen LogP contribution in [0.3, 0.4) is 0 Å². The normalized spacial score (nSPS) is 13.7. The quantitative estimate of drug-likeness (QED) is 0.495. The molecule has 2 N–H and O–H groups in total. The van der Waals surface area contributed by atoms with E-state index < -0.39 is 23.4 Å². The van der Waals surface area contributed by atoms with E-state index in [1.165, 1.54) is 19.1 Å². The third kappa shape index (κ3) is 4.14. The van der Waals surface area contributed by atoms with Crippen LogP contribution in [0.25, 0.3) is 11.3 Å². The number of nitrogens with zero attached hydrogens (tertiary/aromatic N) is 1. The summed E-state index contributed by atoms with van der Waals surface area (Å²) in [5.74, 6) is 0.267. The van der Waals surface area contributed by atoms with Gasteiger partial charge in [0.05, 0.1) is 22.4 Å². The van der Waals surface area contributed by atoms with E-state index >= 15 is 0 Å². The summed E-state index contributed by atoms with van der Waals surface area (Å²) >= 11 is 3.33. The fourth-order valence-electron chi connectivity index (χ4n) is 3.26. The Hall–Kier alpha value is -2.81. The Bertz CT molecular complexity index is 1050. The second-order valence-electron chi connectivity index (χ2n) is 6.61. The maximum absolute atomic E-state index is 13.3. The van der Waals surface area contributed by atoms with Gasteiger partial charge in [-0.3, -0.25) is 0 Å². The van der Waals surface area contributed by atoms with Gasteiger partial charge in [0.2, 0.25) is 0 Å². The van der Waals surface area contributed by atoms with E-state index in [1.54, 1.807) is 31.2 Å². The summed E-state index contributed by atoms with van der Waals surface area (Å²) in [6, 6.07) is 11.5. The molecule has 0 fully saturated rings. The van der Waals surface area contributed by atoms with Gasteiger partial charge >= 0.3 is 12.3 Å². The second kappa shape index (κ2) is 7.55. The summed E-state index contributed by atoms with van der Waals surface area (Å²) in [4.78, 5) is 11.6. The molecule has 9 heteroatoms. The van der Waals surface area contributed by atoms with Crippen LogP contribution in [0.2, 0.25) is 0 Å². The molecule has 0 bridgehead atoms. The average molecular weight is 469 g/mol. The van der Waals surface area contributed by atoms with Crippen molar-refractivity contribution < 1.29 is 27.6 Å². The number of carboxylic acid groups (broad SMARTS) is 1. The van der Waals surface area contributed by atoms with Crippen molar-refractivity contribution in [2.75, 3.05) is 0 Å². The Balaban J connectivity index is 2.25. The predicted octanol–water partition coefficient (Wildman–Crippen LogP) is 5.96. The molecule has 1 atom stereocenters. The fraction of sp³-hybridized carbons (Fsp3) is 0.200. The average Bonchev–Trinajstić information content (AvgIpc) is 3.03. The van der Waals surface area contributed by atoms with E-state index in [4.69, 9.17) is 4.52 Å². The molecule has 29 heavy (non-hydrogen) atoms. The number of hydrogen-bond acceptors (Lipinski definition) is 3. The molecule has 1 amide bonds. The topological polar surface area (TPSA) is 75.4 Å². The Labute approximate surface area is 172 Å². The summed E-state index contributed by atoms with van der Waals surface area (Å²) in [6.45, 7) is 3.09. The molecule has 3 rings (SSSR count). The van der Waals surface area contributed by atoms with Gasteiger partial charge in [-0.15, -0.1) is 0 Å². The van der Waals surface area contributed by atoms with Crippen molar-refractivity contribution in [2.24, 2.45) is 0 Å². The number of aryl methyl sites for hydroxylation is 1. The van der Waals surface area contributed by atoms with Crippen molar-refractivity contribution in [3.8, 4) is 11.3 Å². The van der Waals surface area contributed by atoms with Gasteiger partial charge in [0.25, 0.3) is 0 Å².